The molecule has 0 bridgehead atoms. The third-order valence-electron chi connectivity index (χ3n) is 4.80. The maximum absolute atomic E-state index is 9.55. The molecule has 1 aliphatic rings. The van der Waals surface area contributed by atoms with Crippen molar-refractivity contribution in [3.8, 4) is 5.69 Å². The molecule has 2 aromatic carbocycles. The first-order valence-corrected chi connectivity index (χ1v) is 10.0. The summed E-state index contributed by atoms with van der Waals surface area (Å²) in [6.07, 6.45) is 1.12. The molecule has 9 heteroatoms. The Bertz CT molecular complexity index is 1070. The number of benzene rings is 2. The average molecular weight is 443 g/mol. The van der Waals surface area contributed by atoms with Crippen LogP contribution in [-0.2, 0) is 9.59 Å². The molecule has 2 N–H and O–H groups in total. The van der Waals surface area contributed by atoms with Gasteiger partial charge in [0.15, 0.2) is 5.82 Å². The topological polar surface area (TPSA) is 98.9 Å². The zero-order valence-corrected chi connectivity index (χ0v) is 17.7. The fraction of sp³-hybridized carbons (Fsp3) is 0.227. The van der Waals surface area contributed by atoms with Crippen molar-refractivity contribution in [2.75, 3.05) is 38.1 Å². The lowest BCUT2D eigenvalue weighted by Crippen LogP contribution is -2.44. The predicted molar refractivity (Wildman–Crippen MR) is 120 cm³/mol. The second-order valence-electron chi connectivity index (χ2n) is 7.03. The quantitative estimate of drug-likeness (QED) is 0.599. The molecule has 0 amide bonds. The number of halogens is 1. The zero-order chi connectivity index (χ0) is 22.4. The van der Waals surface area contributed by atoms with Crippen LogP contribution < -0.4 is 4.90 Å². The summed E-state index contributed by atoms with van der Waals surface area (Å²) in [5.41, 5.74) is 2.11. The summed E-state index contributed by atoms with van der Waals surface area (Å²) >= 11 is 6.23. The Balaban J connectivity index is 0.000000293. The Labute approximate surface area is 184 Å². The van der Waals surface area contributed by atoms with E-state index in [9.17, 15) is 9.59 Å². The molecule has 1 aromatic heterocycles. The summed E-state index contributed by atoms with van der Waals surface area (Å²) in [7, 11) is 2.16. The number of aliphatic carboxylic acids is 2. The maximum Gasteiger partial charge on any atom is 0.328 e. The van der Waals surface area contributed by atoms with E-state index in [1.165, 1.54) is 0 Å². The third-order valence-corrected chi connectivity index (χ3v) is 5.03. The molecule has 0 saturated carbocycles. The van der Waals surface area contributed by atoms with E-state index in [2.05, 4.69) is 35.0 Å². The van der Waals surface area contributed by atoms with Crippen molar-refractivity contribution in [2.45, 2.75) is 0 Å². The highest BCUT2D eigenvalue weighted by atomic mass is 35.5. The van der Waals surface area contributed by atoms with Crippen molar-refractivity contribution in [3.63, 3.8) is 0 Å². The lowest BCUT2D eigenvalue weighted by Gasteiger charge is -2.32. The van der Waals surface area contributed by atoms with Gasteiger partial charge in [-0.3, -0.25) is 0 Å². The summed E-state index contributed by atoms with van der Waals surface area (Å²) in [5.74, 6) is -1.46. The van der Waals surface area contributed by atoms with Crippen LogP contribution in [0.5, 0.6) is 0 Å². The number of hydrogen-bond acceptors (Lipinski definition) is 5. The number of para-hydroxylation sites is 1. The van der Waals surface area contributed by atoms with Crippen molar-refractivity contribution < 1.29 is 19.8 Å². The number of anilines is 1. The van der Waals surface area contributed by atoms with E-state index in [4.69, 9.17) is 26.9 Å². The van der Waals surface area contributed by atoms with Gasteiger partial charge < -0.3 is 20.0 Å². The molecule has 0 unspecified atom stereocenters. The van der Waals surface area contributed by atoms with Gasteiger partial charge in [-0.05, 0) is 37.4 Å². The molecule has 162 valence electrons. The Morgan fingerprint density at radius 2 is 1.58 bits per heavy atom. The molecule has 0 spiro atoms. The number of piperazine rings is 1. The normalized spacial score (nSPS) is 14.5. The second kappa shape index (κ2) is 10.1. The van der Waals surface area contributed by atoms with E-state index in [-0.39, 0.29) is 0 Å². The van der Waals surface area contributed by atoms with Crippen molar-refractivity contribution in [1.29, 1.82) is 0 Å². The van der Waals surface area contributed by atoms with Crippen molar-refractivity contribution in [3.05, 3.63) is 65.7 Å². The van der Waals surface area contributed by atoms with Crippen LogP contribution in [0.3, 0.4) is 0 Å². The van der Waals surface area contributed by atoms with E-state index in [1.54, 1.807) is 0 Å². The average Bonchev–Trinajstić information content (AvgIpc) is 3.12. The number of likely N-dealkylation sites (N-methyl/N-ethyl adjacent to an activating group) is 1. The summed E-state index contributed by atoms with van der Waals surface area (Å²) in [4.78, 5) is 23.8. The van der Waals surface area contributed by atoms with Crippen molar-refractivity contribution in [1.82, 2.24) is 14.7 Å². The van der Waals surface area contributed by atoms with E-state index < -0.39 is 11.9 Å². The molecule has 0 radical (unpaired) electrons. The van der Waals surface area contributed by atoms with Crippen LogP contribution in [0.1, 0.15) is 0 Å². The minimum Gasteiger partial charge on any atom is -0.478 e. The van der Waals surface area contributed by atoms with Crippen LogP contribution in [0, 0.1) is 0 Å². The molecule has 2 heterocycles. The Morgan fingerprint density at radius 3 is 2.16 bits per heavy atom. The van der Waals surface area contributed by atoms with Crippen LogP contribution in [0.4, 0.5) is 5.82 Å². The van der Waals surface area contributed by atoms with Gasteiger partial charge in [-0.2, -0.15) is 0 Å². The Hall–Kier alpha value is -3.36. The van der Waals surface area contributed by atoms with Crippen LogP contribution in [0.15, 0.2) is 60.7 Å². The molecule has 4 rings (SSSR count). The SMILES string of the molecule is CN1CCN(c2nn(-c3ccccc3)c3cc(Cl)ccc23)CC1.O=C(O)C=CC(=O)O. The molecular weight excluding hydrogens is 420 g/mol. The molecule has 3 aromatic rings. The molecule has 31 heavy (non-hydrogen) atoms. The number of carbonyl (C=O) groups is 2. The summed E-state index contributed by atoms with van der Waals surface area (Å²) < 4.78 is 1.99. The van der Waals surface area contributed by atoms with Gasteiger partial charge in [0, 0.05) is 48.7 Å². The first-order valence-electron chi connectivity index (χ1n) is 9.66. The van der Waals surface area contributed by atoms with Crippen LogP contribution in [0.25, 0.3) is 16.6 Å². The number of fused-ring (bicyclic) bond motifs is 1. The largest absolute Gasteiger partial charge is 0.478 e. The van der Waals surface area contributed by atoms with Crippen LogP contribution in [-0.4, -0.2) is 70.1 Å². The monoisotopic (exact) mass is 442 g/mol. The highest BCUT2D eigenvalue weighted by Gasteiger charge is 2.21. The second-order valence-corrected chi connectivity index (χ2v) is 7.47. The van der Waals surface area contributed by atoms with Gasteiger partial charge in [-0.1, -0.05) is 29.8 Å². The molecule has 8 nitrogen and oxygen atoms in total. The third kappa shape index (κ3) is 5.84. The van der Waals surface area contributed by atoms with E-state index in [0.29, 0.717) is 12.2 Å². The van der Waals surface area contributed by atoms with Gasteiger partial charge in [0.2, 0.25) is 0 Å². The molecule has 1 aliphatic heterocycles. The van der Waals surface area contributed by atoms with Gasteiger partial charge in [0.25, 0.3) is 0 Å². The lowest BCUT2D eigenvalue weighted by molar-refractivity contribution is -0.134. The molecule has 1 saturated heterocycles. The van der Waals surface area contributed by atoms with Gasteiger partial charge in [0.05, 0.1) is 11.2 Å². The first-order chi connectivity index (χ1) is 14.8. The molecule has 0 atom stereocenters. The van der Waals surface area contributed by atoms with E-state index in [1.807, 2.05) is 35.0 Å². The standard InChI is InChI=1S/C18H19ClN4.C4H4O4/c1-21-9-11-22(12-10-21)18-16-8-7-14(19)13-17(16)23(20-18)15-5-3-2-4-6-15;5-3(6)1-2-4(7)8/h2-8,13H,9-12H2,1H3;1-2H,(H,5,6)(H,7,8). The zero-order valence-electron chi connectivity index (χ0n) is 17.0. The summed E-state index contributed by atoms with van der Waals surface area (Å²) in [6, 6.07) is 16.2. The minimum atomic E-state index is -1.26. The number of hydrogen-bond donors (Lipinski definition) is 2. The van der Waals surface area contributed by atoms with E-state index in [0.717, 1.165) is 53.6 Å². The Morgan fingerprint density at radius 1 is 0.968 bits per heavy atom. The van der Waals surface area contributed by atoms with Gasteiger partial charge in [-0.15, -0.1) is 5.10 Å². The first kappa shape index (κ1) is 22.3. The molecule has 0 aliphatic carbocycles. The van der Waals surface area contributed by atoms with Gasteiger partial charge in [0.1, 0.15) is 0 Å². The van der Waals surface area contributed by atoms with Gasteiger partial charge >= 0.3 is 11.9 Å². The highest BCUT2D eigenvalue weighted by Crippen LogP contribution is 2.31. The predicted octanol–water partition coefficient (Wildman–Crippen LogP) is 3.14. The smallest absolute Gasteiger partial charge is 0.328 e. The molecular formula is C22H23ClN4O4. The summed E-state index contributed by atoms with van der Waals surface area (Å²) in [5, 5.41) is 22.4. The number of carboxylic acid groups (broad SMARTS) is 2. The fourth-order valence-electron chi connectivity index (χ4n) is 3.23. The van der Waals surface area contributed by atoms with E-state index >= 15 is 0 Å². The minimum absolute atomic E-state index is 0.558. The van der Waals surface area contributed by atoms with Crippen LogP contribution in [0.2, 0.25) is 5.02 Å². The molecule has 1 fully saturated rings. The number of rotatable bonds is 4. The number of aromatic nitrogens is 2. The number of carboxylic acids is 2. The van der Waals surface area contributed by atoms with Crippen molar-refractivity contribution in [2.24, 2.45) is 0 Å². The number of nitrogens with zero attached hydrogens (tertiary/aromatic N) is 4. The lowest BCUT2D eigenvalue weighted by atomic mass is 10.2. The van der Waals surface area contributed by atoms with Gasteiger partial charge in [-0.25, -0.2) is 14.3 Å². The Kier molecular flexibility index (Phi) is 7.28. The maximum atomic E-state index is 9.55. The van der Waals surface area contributed by atoms with Crippen LogP contribution >= 0.6 is 11.6 Å². The highest BCUT2D eigenvalue weighted by molar-refractivity contribution is 6.31. The fourth-order valence-corrected chi connectivity index (χ4v) is 3.40. The van der Waals surface area contributed by atoms with Crippen molar-refractivity contribution >= 4 is 40.3 Å². The summed E-state index contributed by atoms with van der Waals surface area (Å²) in [6.45, 7) is 4.13.